The summed E-state index contributed by atoms with van der Waals surface area (Å²) in [5, 5.41) is 13.0. The van der Waals surface area contributed by atoms with Crippen LogP contribution in [0.2, 0.25) is 0 Å². The first-order valence-electron chi connectivity index (χ1n) is 12.9. The van der Waals surface area contributed by atoms with Crippen molar-refractivity contribution in [2.75, 3.05) is 32.6 Å². The number of aryl methyl sites for hydroxylation is 1. The van der Waals surface area contributed by atoms with Gasteiger partial charge in [-0.05, 0) is 46.9 Å². The second-order valence-electron chi connectivity index (χ2n) is 10.9. The van der Waals surface area contributed by atoms with Gasteiger partial charge in [0.2, 0.25) is 0 Å². The number of halogens is 6. The van der Waals surface area contributed by atoms with Gasteiger partial charge in [-0.2, -0.15) is 8.78 Å². The van der Waals surface area contributed by atoms with Crippen molar-refractivity contribution >= 4 is 16.7 Å². The van der Waals surface area contributed by atoms with Gasteiger partial charge >= 0.3 is 5.92 Å². The van der Waals surface area contributed by atoms with E-state index >= 15 is 8.78 Å². The van der Waals surface area contributed by atoms with E-state index < -0.39 is 59.7 Å². The van der Waals surface area contributed by atoms with Crippen LogP contribution in [-0.2, 0) is 5.92 Å². The number of fused-ring (bicyclic) bond motifs is 1. The van der Waals surface area contributed by atoms with Gasteiger partial charge in [0.05, 0.1) is 25.3 Å². The number of methoxy groups -OCH3 is 1. The molecule has 0 unspecified atom stereocenters. The van der Waals surface area contributed by atoms with Gasteiger partial charge in [0.15, 0.2) is 17.3 Å². The first-order valence-corrected chi connectivity index (χ1v) is 12.9. The molecule has 224 valence electrons. The fourth-order valence-electron chi connectivity index (χ4n) is 4.88. The van der Waals surface area contributed by atoms with Crippen molar-refractivity contribution < 1.29 is 40.9 Å². The number of nitrogens with zero attached hydrogens (tertiary/aromatic N) is 3. The normalized spacial score (nSPS) is 18.5. The summed E-state index contributed by atoms with van der Waals surface area (Å²) in [4.78, 5) is 9.92. The second kappa shape index (κ2) is 10.8. The third kappa shape index (κ3) is 5.87. The molecule has 0 spiro atoms. The van der Waals surface area contributed by atoms with Crippen molar-refractivity contribution in [3.05, 3.63) is 52.9 Å². The van der Waals surface area contributed by atoms with Crippen molar-refractivity contribution in [3.8, 4) is 11.5 Å². The van der Waals surface area contributed by atoms with Crippen LogP contribution in [-0.4, -0.2) is 64.8 Å². The minimum Gasteiger partial charge on any atom is -0.490 e. The van der Waals surface area contributed by atoms with Crippen LogP contribution in [0.4, 0.5) is 32.2 Å². The Hall–Kier alpha value is -3.32. The number of ether oxygens (including phenoxy) is 2. The van der Waals surface area contributed by atoms with E-state index in [2.05, 4.69) is 15.3 Å². The highest BCUT2D eigenvalue weighted by molar-refractivity contribution is 5.92. The Morgan fingerprint density at radius 3 is 2.46 bits per heavy atom. The van der Waals surface area contributed by atoms with Crippen molar-refractivity contribution in [2.24, 2.45) is 0 Å². The zero-order chi connectivity index (χ0) is 30.5. The van der Waals surface area contributed by atoms with E-state index in [1.807, 2.05) is 0 Å². The van der Waals surface area contributed by atoms with Gasteiger partial charge in [0.25, 0.3) is 5.92 Å². The second-order valence-corrected chi connectivity index (χ2v) is 10.9. The molecule has 2 heterocycles. The summed E-state index contributed by atoms with van der Waals surface area (Å²) in [6, 6.07) is 3.25. The van der Waals surface area contributed by atoms with Gasteiger partial charge in [-0.3, -0.25) is 4.90 Å². The number of alkyl halides is 4. The molecule has 3 aromatic rings. The fraction of sp³-hybridized carbons (Fsp3) is 0.500. The van der Waals surface area contributed by atoms with E-state index in [0.717, 1.165) is 19.9 Å². The molecule has 1 aliphatic rings. The molecule has 1 aromatic heterocycles. The Kier molecular flexibility index (Phi) is 8.09. The molecule has 1 fully saturated rings. The van der Waals surface area contributed by atoms with E-state index in [-0.39, 0.29) is 46.2 Å². The number of hydrogen-bond donors (Lipinski definition) is 2. The number of likely N-dealkylation sites (tertiary alicyclic amines) is 1. The molecule has 1 saturated heterocycles. The van der Waals surface area contributed by atoms with Crippen LogP contribution in [0.1, 0.15) is 50.2 Å². The predicted octanol–water partition coefficient (Wildman–Crippen LogP) is 5.98. The van der Waals surface area contributed by atoms with Crippen LogP contribution < -0.4 is 14.8 Å². The lowest BCUT2D eigenvalue weighted by Gasteiger charge is -2.30. The molecular formula is C28H32F6N4O3. The zero-order valence-electron chi connectivity index (χ0n) is 23.5. The molecule has 0 bridgehead atoms. The molecule has 2 atom stereocenters. The first kappa shape index (κ1) is 30.6. The Labute approximate surface area is 233 Å². The summed E-state index contributed by atoms with van der Waals surface area (Å²) in [7, 11) is 2.76. The first-order chi connectivity index (χ1) is 19.0. The van der Waals surface area contributed by atoms with Crippen molar-refractivity contribution in [1.82, 2.24) is 14.9 Å². The molecular weight excluding hydrogens is 554 g/mol. The number of likely N-dealkylation sites (N-methyl/N-ethyl adjacent to an activating group) is 1. The highest BCUT2D eigenvalue weighted by Crippen LogP contribution is 2.42. The molecule has 13 heteroatoms. The van der Waals surface area contributed by atoms with Crippen molar-refractivity contribution in [3.63, 3.8) is 0 Å². The molecule has 2 aromatic carbocycles. The van der Waals surface area contributed by atoms with Crippen LogP contribution in [0.5, 0.6) is 11.5 Å². The van der Waals surface area contributed by atoms with Crippen LogP contribution in [0.25, 0.3) is 10.9 Å². The van der Waals surface area contributed by atoms with Crippen molar-refractivity contribution in [2.45, 2.75) is 63.6 Å². The van der Waals surface area contributed by atoms with Gasteiger partial charge in [-0.15, -0.1) is 0 Å². The van der Waals surface area contributed by atoms with Crippen LogP contribution in [0.3, 0.4) is 0 Å². The van der Waals surface area contributed by atoms with Gasteiger partial charge in [0, 0.05) is 23.4 Å². The van der Waals surface area contributed by atoms with Gasteiger partial charge in [-0.1, -0.05) is 12.1 Å². The zero-order valence-corrected chi connectivity index (χ0v) is 23.5. The lowest BCUT2D eigenvalue weighted by Crippen LogP contribution is -2.41. The Bertz CT molecular complexity index is 1450. The highest BCUT2D eigenvalue weighted by atomic mass is 19.3. The maximum absolute atomic E-state index is 15.6. The summed E-state index contributed by atoms with van der Waals surface area (Å²) in [5.74, 6) is -9.03. The average molecular weight is 587 g/mol. The predicted molar refractivity (Wildman–Crippen MR) is 141 cm³/mol. The maximum Gasteiger partial charge on any atom is 0.303 e. The van der Waals surface area contributed by atoms with Crippen LogP contribution in [0.15, 0.2) is 24.3 Å². The summed E-state index contributed by atoms with van der Waals surface area (Å²) in [6.07, 6.45) is -0.425. The van der Waals surface area contributed by atoms with Gasteiger partial charge in [-0.25, -0.2) is 27.5 Å². The monoisotopic (exact) mass is 586 g/mol. The molecule has 0 saturated carbocycles. The third-order valence-electron chi connectivity index (χ3n) is 7.19. The molecule has 1 aliphatic heterocycles. The average Bonchev–Trinajstić information content (AvgIpc) is 3.13. The lowest BCUT2D eigenvalue weighted by atomic mass is 9.91. The summed E-state index contributed by atoms with van der Waals surface area (Å²) in [5.41, 5.74) is -3.80. The smallest absolute Gasteiger partial charge is 0.303 e. The standard InChI is InChI=1S/C28H32F6N4O3/c1-14(17-8-7-9-19(21(17)29)28(33,34)26(3,4)39)35-25-18-10-20(41-12-16-11-27(31,32)13-38(16)5)24(40-6)22(30)23(18)36-15(2)37-25/h7-10,14,16,39H,11-13H2,1-6H3,(H,35,36,37)/t14-,16+/m1/s1. The molecule has 0 aliphatic carbocycles. The van der Waals surface area contributed by atoms with E-state index in [1.165, 1.54) is 44.1 Å². The van der Waals surface area contributed by atoms with Crippen LogP contribution >= 0.6 is 0 Å². The number of aliphatic hydroxyl groups is 1. The third-order valence-corrected chi connectivity index (χ3v) is 7.19. The number of aromatic nitrogens is 2. The summed E-state index contributed by atoms with van der Waals surface area (Å²) >= 11 is 0. The van der Waals surface area contributed by atoms with E-state index in [1.54, 1.807) is 7.05 Å². The minimum absolute atomic E-state index is 0.0509. The Morgan fingerprint density at radius 2 is 1.88 bits per heavy atom. The number of benzene rings is 2. The number of nitrogens with one attached hydrogen (secondary N) is 1. The molecule has 4 rings (SSSR count). The van der Waals surface area contributed by atoms with E-state index in [9.17, 15) is 22.7 Å². The van der Waals surface area contributed by atoms with E-state index in [0.29, 0.717) is 0 Å². The highest BCUT2D eigenvalue weighted by Gasteiger charge is 2.49. The van der Waals surface area contributed by atoms with Crippen molar-refractivity contribution in [1.29, 1.82) is 0 Å². The summed E-state index contributed by atoms with van der Waals surface area (Å²) in [6.45, 7) is 4.17. The fourth-order valence-corrected chi connectivity index (χ4v) is 4.88. The molecule has 2 N–H and O–H groups in total. The topological polar surface area (TPSA) is 79.7 Å². The number of hydrogen-bond acceptors (Lipinski definition) is 7. The SMILES string of the molecule is COc1c(OC[C@@H]2CC(F)(F)CN2C)cc2c(N[C@H](C)c3cccc(C(F)(F)C(C)(C)O)c3F)nc(C)nc2c1F. The quantitative estimate of drug-likeness (QED) is 0.299. The van der Waals surface area contributed by atoms with Crippen LogP contribution in [0, 0.1) is 18.6 Å². The largest absolute Gasteiger partial charge is 0.490 e. The Morgan fingerprint density at radius 1 is 1.20 bits per heavy atom. The molecule has 7 nitrogen and oxygen atoms in total. The van der Waals surface area contributed by atoms with Gasteiger partial charge in [0.1, 0.15) is 35.2 Å². The molecule has 0 radical (unpaired) electrons. The number of anilines is 1. The molecule has 41 heavy (non-hydrogen) atoms. The minimum atomic E-state index is -3.89. The van der Waals surface area contributed by atoms with Gasteiger partial charge < -0.3 is 19.9 Å². The maximum atomic E-state index is 15.6. The lowest BCUT2D eigenvalue weighted by molar-refractivity contribution is -0.170. The van der Waals surface area contributed by atoms with E-state index in [4.69, 9.17) is 9.47 Å². The Balaban J connectivity index is 1.72. The number of rotatable bonds is 9. The molecule has 0 amide bonds. The summed E-state index contributed by atoms with van der Waals surface area (Å²) < 4.78 is 99.2.